The minimum absolute atomic E-state index is 0.122. The van der Waals surface area contributed by atoms with E-state index in [1.54, 1.807) is 11.4 Å². The molecule has 0 atom stereocenters. The third-order valence-electron chi connectivity index (χ3n) is 14.3. The summed E-state index contributed by atoms with van der Waals surface area (Å²) in [6.45, 7) is 16.0. The fraction of sp³-hybridized carbons (Fsp3) is 0.382. The van der Waals surface area contributed by atoms with E-state index < -0.39 is 0 Å². The van der Waals surface area contributed by atoms with E-state index in [9.17, 15) is 0 Å². The van der Waals surface area contributed by atoms with Crippen LogP contribution in [0.25, 0.3) is 55.4 Å². The summed E-state index contributed by atoms with van der Waals surface area (Å²) in [5.74, 6) is 2.84. The molecule has 1 N–H and O–H groups in total. The van der Waals surface area contributed by atoms with Gasteiger partial charge < -0.3 is 14.4 Å². The average Bonchev–Trinajstić information content (AvgIpc) is 3.44. The molecule has 0 unspecified atom stereocenters. The molecule has 2 aliphatic carbocycles. The summed E-state index contributed by atoms with van der Waals surface area (Å²) in [6.07, 6.45) is 16.6. The smallest absolute Gasteiger partial charge is 0.485 e. The van der Waals surface area contributed by atoms with Gasteiger partial charge >= 0.3 is 7.69 Å². The molecule has 0 saturated heterocycles. The highest BCUT2D eigenvalue weighted by atomic mass is 35.5. The molecule has 0 aliphatic heterocycles. The normalized spacial score (nSPS) is 14.0. The number of fused-ring (bicyclic) bond motifs is 2. The van der Waals surface area contributed by atoms with Gasteiger partial charge in [-0.15, -0.1) is 0 Å². The Labute approximate surface area is 473 Å². The average molecular weight is 1090 g/mol. The first-order valence-corrected chi connectivity index (χ1v) is 30.4. The molecule has 77 heavy (non-hydrogen) atoms. The van der Waals surface area contributed by atoms with Crippen molar-refractivity contribution in [3.8, 4) is 39.4 Å². The van der Waals surface area contributed by atoms with Gasteiger partial charge in [-0.05, 0) is 163 Å². The number of aryl methyl sites for hydroxylation is 1. The van der Waals surface area contributed by atoms with Gasteiger partial charge in [0.25, 0.3) is 0 Å². The Hall–Kier alpha value is -5.07. The predicted octanol–water partition coefficient (Wildman–Crippen LogP) is 19.1. The van der Waals surface area contributed by atoms with E-state index in [-0.39, 0.29) is 7.92 Å². The number of methoxy groups -OCH3 is 1. The molecule has 0 bridgehead atoms. The first-order valence-electron chi connectivity index (χ1n) is 28.2. The lowest BCUT2D eigenvalue weighted by Crippen LogP contribution is -2.27. The standard InChI is InChI=1S/C26H35OP.C23H27N.C15H9Cl2N.C4H10BO2/c1-20-12-11-18-24(27-2)26(20)23-17-9-10-19-25(23)28(21-13-5-3-6-14-21)22-15-7-4-8-16-22;1-16(2)11-18-13-19(12-17(3)4)15-21(14-18)23-10-9-20-7-5-6-8-22(20)24-23;16-12-7-11(8-13(17)9-12)15-6-5-10-3-1-2-4-14(10)18-15;1-4(2)3-7-5-6/h9-12,17-19,21-22H,3-8,13-16H2,1-2H3;5-10,13-17H,11-12H2,1-4H3;1-9H;4,6H,3H2,1-2H3. The summed E-state index contributed by atoms with van der Waals surface area (Å²) < 4.78 is 10.3. The zero-order valence-corrected chi connectivity index (χ0v) is 49.4. The van der Waals surface area contributed by atoms with Crippen LogP contribution in [0.2, 0.25) is 10.0 Å². The van der Waals surface area contributed by atoms with Crippen molar-refractivity contribution in [1.82, 2.24) is 9.97 Å². The Kier molecular flexibility index (Phi) is 23.5. The van der Waals surface area contributed by atoms with Crippen LogP contribution in [-0.2, 0) is 17.5 Å². The highest BCUT2D eigenvalue weighted by Crippen LogP contribution is 2.56. The monoisotopic (exact) mass is 1090 g/mol. The molecular formula is C68H81BCl2N2O3P. The quantitative estimate of drug-likeness (QED) is 0.0868. The van der Waals surface area contributed by atoms with Gasteiger partial charge in [-0.1, -0.05) is 202 Å². The van der Waals surface area contributed by atoms with Gasteiger partial charge in [0.1, 0.15) is 5.75 Å². The van der Waals surface area contributed by atoms with E-state index in [4.69, 9.17) is 37.9 Å². The molecule has 9 heteroatoms. The minimum Gasteiger partial charge on any atom is -0.496 e. The van der Waals surface area contributed by atoms with E-state index in [1.165, 1.54) is 103 Å². The first-order chi connectivity index (χ1) is 37.3. The minimum atomic E-state index is -0.122. The molecule has 5 nitrogen and oxygen atoms in total. The number of benzene rings is 6. The number of aromatic nitrogens is 2. The van der Waals surface area contributed by atoms with Gasteiger partial charge in [-0.3, -0.25) is 0 Å². The lowest BCUT2D eigenvalue weighted by atomic mass is 9.93. The van der Waals surface area contributed by atoms with E-state index in [1.807, 2.05) is 69.5 Å². The van der Waals surface area contributed by atoms with E-state index in [0.717, 1.165) is 71.0 Å². The topological polar surface area (TPSA) is 64.5 Å². The molecule has 2 aromatic heterocycles. The van der Waals surface area contributed by atoms with Crippen LogP contribution >= 0.6 is 31.1 Å². The number of pyridine rings is 2. The number of hydrogen-bond donors (Lipinski definition) is 1. The SMILES string of the molecule is CC(C)CO[B]O.CC(C)Cc1cc(CC(C)C)cc(-c2ccc3ccccc3n2)c1.COc1cccc(C)c1-c1ccccc1P(C1CCCCC1)C1CCCCC1.Clc1cc(Cl)cc(-c2ccc3ccccc3n2)c1. The van der Waals surface area contributed by atoms with Gasteiger partial charge in [0.05, 0.1) is 29.5 Å². The van der Waals surface area contributed by atoms with Gasteiger partial charge in [-0.2, -0.15) is 0 Å². The molecular weight excluding hydrogens is 1010 g/mol. The van der Waals surface area contributed by atoms with Gasteiger partial charge in [0.2, 0.25) is 0 Å². The molecule has 8 aromatic rings. The lowest BCUT2D eigenvalue weighted by Gasteiger charge is -2.39. The summed E-state index contributed by atoms with van der Waals surface area (Å²) in [6, 6.07) is 53.0. The maximum atomic E-state index is 7.97. The van der Waals surface area contributed by atoms with E-state index in [2.05, 4.69) is 141 Å². The van der Waals surface area contributed by atoms with Crippen molar-refractivity contribution in [3.05, 3.63) is 178 Å². The summed E-state index contributed by atoms with van der Waals surface area (Å²) in [4.78, 5) is 9.50. The summed E-state index contributed by atoms with van der Waals surface area (Å²) >= 11 is 12.0. The zero-order valence-electron chi connectivity index (χ0n) is 47.0. The largest absolute Gasteiger partial charge is 0.496 e. The molecule has 6 aromatic carbocycles. The molecule has 0 spiro atoms. The molecule has 2 fully saturated rings. The van der Waals surface area contributed by atoms with Crippen molar-refractivity contribution in [1.29, 1.82) is 0 Å². The van der Waals surface area contributed by atoms with Crippen molar-refractivity contribution >= 4 is 65.9 Å². The van der Waals surface area contributed by atoms with Crippen molar-refractivity contribution in [3.63, 3.8) is 0 Å². The third kappa shape index (κ3) is 17.7. The predicted molar refractivity (Wildman–Crippen MR) is 334 cm³/mol. The van der Waals surface area contributed by atoms with Crippen molar-refractivity contribution < 1.29 is 14.4 Å². The maximum absolute atomic E-state index is 7.97. The highest BCUT2D eigenvalue weighted by molar-refractivity contribution is 7.67. The van der Waals surface area contributed by atoms with Crippen LogP contribution in [0.4, 0.5) is 0 Å². The van der Waals surface area contributed by atoms with Crippen LogP contribution < -0.4 is 10.0 Å². The van der Waals surface area contributed by atoms with E-state index in [0.29, 0.717) is 34.4 Å². The Morgan fingerprint density at radius 1 is 0.558 bits per heavy atom. The summed E-state index contributed by atoms with van der Waals surface area (Å²) in [5.41, 5.74) is 14.9. The number of ether oxygens (including phenoxy) is 1. The number of para-hydroxylation sites is 2. The summed E-state index contributed by atoms with van der Waals surface area (Å²) in [5, 5.41) is 13.2. The Morgan fingerprint density at radius 2 is 1.05 bits per heavy atom. The van der Waals surface area contributed by atoms with Crippen LogP contribution in [0, 0.1) is 24.7 Å². The fourth-order valence-corrected chi connectivity index (χ4v) is 15.4. The lowest BCUT2D eigenvalue weighted by molar-refractivity contribution is 0.246. The van der Waals surface area contributed by atoms with Crippen LogP contribution in [0.5, 0.6) is 5.75 Å². The fourth-order valence-electron chi connectivity index (χ4n) is 11.0. The first kappa shape index (κ1) is 59.6. The van der Waals surface area contributed by atoms with Gasteiger partial charge in [0, 0.05) is 44.1 Å². The second-order valence-electron chi connectivity index (χ2n) is 22.2. The third-order valence-corrected chi connectivity index (χ3v) is 18.3. The summed E-state index contributed by atoms with van der Waals surface area (Å²) in [7, 11) is 2.41. The molecule has 1 radical (unpaired) electrons. The van der Waals surface area contributed by atoms with Crippen molar-refractivity contribution in [2.75, 3.05) is 13.7 Å². The van der Waals surface area contributed by atoms with Crippen LogP contribution in [-0.4, -0.2) is 47.7 Å². The number of nitrogens with zero attached hydrogens (tertiary/aromatic N) is 2. The van der Waals surface area contributed by atoms with Gasteiger partial charge in [0.15, 0.2) is 0 Å². The van der Waals surface area contributed by atoms with Crippen molar-refractivity contribution in [2.24, 2.45) is 17.8 Å². The van der Waals surface area contributed by atoms with Gasteiger partial charge in [-0.25, -0.2) is 9.97 Å². The van der Waals surface area contributed by atoms with Crippen LogP contribution in [0.1, 0.15) is 122 Å². The maximum Gasteiger partial charge on any atom is 0.485 e. The second kappa shape index (κ2) is 30.3. The van der Waals surface area contributed by atoms with Crippen LogP contribution in [0.3, 0.4) is 0 Å². The molecule has 10 rings (SSSR count). The number of hydrogen-bond acceptors (Lipinski definition) is 5. The Bertz CT molecular complexity index is 3030. The Balaban J connectivity index is 0.000000161. The van der Waals surface area contributed by atoms with Crippen molar-refractivity contribution in [2.45, 2.75) is 137 Å². The number of halogens is 2. The molecule has 2 saturated carbocycles. The second-order valence-corrected chi connectivity index (χ2v) is 25.8. The molecule has 2 heterocycles. The van der Waals surface area contributed by atoms with E-state index >= 15 is 0 Å². The zero-order chi connectivity index (χ0) is 54.7. The molecule has 0 amide bonds. The number of rotatable bonds is 14. The van der Waals surface area contributed by atoms with Crippen LogP contribution in [0.15, 0.2) is 152 Å². The molecule has 403 valence electrons. The highest BCUT2D eigenvalue weighted by Gasteiger charge is 2.34. The Morgan fingerprint density at radius 3 is 1.53 bits per heavy atom. The molecule has 2 aliphatic rings.